The van der Waals surface area contributed by atoms with Crippen LogP contribution in [-0.2, 0) is 4.74 Å². The van der Waals surface area contributed by atoms with Gasteiger partial charge in [-0.3, -0.25) is 4.79 Å². The number of nitriles is 1. The van der Waals surface area contributed by atoms with E-state index < -0.39 is 35.0 Å². The molecular weight excluding hydrogens is 430 g/mol. The van der Waals surface area contributed by atoms with Gasteiger partial charge in [-0.25, -0.2) is 14.6 Å². The van der Waals surface area contributed by atoms with Gasteiger partial charge in [0.1, 0.15) is 23.5 Å². The van der Waals surface area contributed by atoms with Crippen LogP contribution in [0.25, 0.3) is 5.69 Å². The maximum atomic E-state index is 12.9. The van der Waals surface area contributed by atoms with E-state index in [2.05, 4.69) is 10.1 Å². The molecule has 11 heteroatoms. The molecule has 2 aromatic heterocycles. The van der Waals surface area contributed by atoms with Gasteiger partial charge in [0.25, 0.3) is 5.56 Å². The van der Waals surface area contributed by atoms with Crippen molar-refractivity contribution in [2.24, 2.45) is 0 Å². The summed E-state index contributed by atoms with van der Waals surface area (Å²) in [5.41, 5.74) is -1.11. The fraction of sp³-hybridized carbons (Fsp3) is 0.455. The van der Waals surface area contributed by atoms with Crippen molar-refractivity contribution in [3.8, 4) is 17.5 Å². The highest BCUT2D eigenvalue weighted by Crippen LogP contribution is 2.25. The van der Waals surface area contributed by atoms with Gasteiger partial charge in [-0.2, -0.15) is 15.0 Å². The summed E-state index contributed by atoms with van der Waals surface area (Å²) in [6.07, 6.45) is 1.35. The van der Waals surface area contributed by atoms with E-state index in [4.69, 9.17) is 14.7 Å². The highest BCUT2D eigenvalue weighted by Gasteiger charge is 2.30. The molecule has 1 saturated heterocycles. The smallest absolute Gasteiger partial charge is 0.410 e. The molecule has 0 aromatic carbocycles. The van der Waals surface area contributed by atoms with E-state index in [1.165, 1.54) is 25.3 Å². The van der Waals surface area contributed by atoms with E-state index >= 15 is 0 Å². The molecule has 11 nitrogen and oxygen atoms in total. The standard InChI is InChI=1S/C22H25N5O6/c1-13-18(32-16-7-9-26(10-8-16)21(31)33-22(2,3)4)17(20(29)30)25-27(19(13)28)15-6-5-14(11-23)24-12-15/h5-6,12,16H,7-10H2,1-4H3,(H,29,30). The van der Waals surface area contributed by atoms with Crippen LogP contribution in [0.3, 0.4) is 0 Å². The molecular formula is C22H25N5O6. The number of hydrogen-bond acceptors (Lipinski definition) is 8. The first-order valence-electron chi connectivity index (χ1n) is 10.4. The van der Waals surface area contributed by atoms with Crippen molar-refractivity contribution in [1.29, 1.82) is 5.26 Å². The number of carboxylic acid groups (broad SMARTS) is 1. The number of rotatable bonds is 4. The third-order valence-corrected chi connectivity index (χ3v) is 4.96. The van der Waals surface area contributed by atoms with Crippen LogP contribution in [0.4, 0.5) is 4.79 Å². The zero-order chi connectivity index (χ0) is 24.3. The summed E-state index contributed by atoms with van der Waals surface area (Å²) in [6.45, 7) is 7.60. The lowest BCUT2D eigenvalue weighted by molar-refractivity contribution is 0.0124. The molecule has 33 heavy (non-hydrogen) atoms. The number of likely N-dealkylation sites (tertiary alicyclic amines) is 1. The fourth-order valence-corrected chi connectivity index (χ4v) is 3.31. The first kappa shape index (κ1) is 23.7. The van der Waals surface area contributed by atoms with E-state index in [-0.39, 0.29) is 22.7 Å². The third kappa shape index (κ3) is 5.46. The van der Waals surface area contributed by atoms with Gasteiger partial charge in [-0.1, -0.05) is 0 Å². The summed E-state index contributed by atoms with van der Waals surface area (Å²) in [5.74, 6) is -1.45. The molecule has 3 heterocycles. The molecule has 0 saturated carbocycles. The number of amides is 1. The minimum absolute atomic E-state index is 0.0846. The van der Waals surface area contributed by atoms with E-state index in [1.54, 1.807) is 25.7 Å². The van der Waals surface area contributed by atoms with E-state index in [0.29, 0.717) is 25.9 Å². The highest BCUT2D eigenvalue weighted by molar-refractivity contribution is 5.88. The lowest BCUT2D eigenvalue weighted by Crippen LogP contribution is -2.44. The van der Waals surface area contributed by atoms with Crippen LogP contribution in [0.5, 0.6) is 5.75 Å². The quantitative estimate of drug-likeness (QED) is 0.733. The van der Waals surface area contributed by atoms with Gasteiger partial charge in [0.2, 0.25) is 5.69 Å². The molecule has 0 bridgehead atoms. The van der Waals surface area contributed by atoms with Crippen molar-refractivity contribution in [3.05, 3.63) is 45.6 Å². The first-order valence-corrected chi connectivity index (χ1v) is 10.4. The lowest BCUT2D eigenvalue weighted by Gasteiger charge is -2.33. The van der Waals surface area contributed by atoms with Crippen molar-refractivity contribution in [3.63, 3.8) is 0 Å². The van der Waals surface area contributed by atoms with E-state index in [0.717, 1.165) is 4.68 Å². The number of nitrogens with zero attached hydrogens (tertiary/aromatic N) is 5. The first-order chi connectivity index (χ1) is 15.5. The Morgan fingerprint density at radius 2 is 1.91 bits per heavy atom. The van der Waals surface area contributed by atoms with Crippen LogP contribution in [0.1, 0.15) is 55.4 Å². The third-order valence-electron chi connectivity index (χ3n) is 4.96. The molecule has 174 valence electrons. The van der Waals surface area contributed by atoms with Gasteiger partial charge < -0.3 is 19.5 Å². The van der Waals surface area contributed by atoms with Crippen molar-refractivity contribution < 1.29 is 24.2 Å². The normalized spacial score (nSPS) is 14.5. The predicted molar refractivity (Wildman–Crippen MR) is 115 cm³/mol. The Morgan fingerprint density at radius 3 is 2.42 bits per heavy atom. The Morgan fingerprint density at radius 1 is 1.24 bits per heavy atom. The van der Waals surface area contributed by atoms with Crippen LogP contribution >= 0.6 is 0 Å². The number of pyridine rings is 1. The van der Waals surface area contributed by atoms with Gasteiger partial charge in [-0.05, 0) is 39.8 Å². The minimum Gasteiger partial charge on any atom is -0.487 e. The van der Waals surface area contributed by atoms with Gasteiger partial charge in [-0.15, -0.1) is 0 Å². The van der Waals surface area contributed by atoms with Gasteiger partial charge in [0.15, 0.2) is 5.75 Å². The molecule has 1 amide bonds. The minimum atomic E-state index is -1.35. The largest absolute Gasteiger partial charge is 0.487 e. The summed E-state index contributed by atoms with van der Waals surface area (Å²) < 4.78 is 12.2. The Balaban J connectivity index is 1.82. The van der Waals surface area contributed by atoms with Crippen molar-refractivity contribution in [1.82, 2.24) is 19.7 Å². The van der Waals surface area contributed by atoms with Crippen LogP contribution in [0.15, 0.2) is 23.1 Å². The van der Waals surface area contributed by atoms with Crippen LogP contribution in [0.2, 0.25) is 0 Å². The van der Waals surface area contributed by atoms with Crippen LogP contribution in [-0.4, -0.2) is 61.6 Å². The van der Waals surface area contributed by atoms with E-state index in [9.17, 15) is 19.5 Å². The molecule has 0 unspecified atom stereocenters. The number of carboxylic acids is 1. The Hall–Kier alpha value is -3.94. The molecule has 0 spiro atoms. The topological polar surface area (TPSA) is 148 Å². The molecule has 1 N–H and O–H groups in total. The molecule has 1 fully saturated rings. The number of aromatic carboxylic acids is 1. The number of carbonyl (C=O) groups is 2. The fourth-order valence-electron chi connectivity index (χ4n) is 3.31. The summed E-state index contributed by atoms with van der Waals surface area (Å²) in [4.78, 5) is 42.5. The summed E-state index contributed by atoms with van der Waals surface area (Å²) >= 11 is 0. The van der Waals surface area contributed by atoms with E-state index in [1.807, 2.05) is 6.07 Å². The van der Waals surface area contributed by atoms with Crippen molar-refractivity contribution in [2.75, 3.05) is 13.1 Å². The second-order valence-corrected chi connectivity index (χ2v) is 8.62. The number of carbonyl (C=O) groups excluding carboxylic acids is 1. The Bertz CT molecular complexity index is 1150. The molecule has 0 aliphatic carbocycles. The molecule has 0 radical (unpaired) electrons. The van der Waals surface area contributed by atoms with Crippen molar-refractivity contribution >= 4 is 12.1 Å². The second kappa shape index (κ2) is 9.28. The van der Waals surface area contributed by atoms with Crippen LogP contribution in [0, 0.1) is 18.3 Å². The molecule has 1 aliphatic heterocycles. The maximum Gasteiger partial charge on any atom is 0.410 e. The lowest BCUT2D eigenvalue weighted by atomic mass is 10.1. The molecule has 0 atom stereocenters. The molecule has 2 aromatic rings. The van der Waals surface area contributed by atoms with Crippen LogP contribution < -0.4 is 10.3 Å². The van der Waals surface area contributed by atoms with Gasteiger partial charge >= 0.3 is 12.1 Å². The zero-order valence-electron chi connectivity index (χ0n) is 18.9. The number of aromatic nitrogens is 3. The SMILES string of the molecule is Cc1c(OC2CCN(C(=O)OC(C)(C)C)CC2)c(C(=O)O)nn(-c2ccc(C#N)nc2)c1=O. The average Bonchev–Trinajstić information content (AvgIpc) is 2.76. The maximum absolute atomic E-state index is 12.9. The Labute approximate surface area is 190 Å². The highest BCUT2D eigenvalue weighted by atomic mass is 16.6. The summed E-state index contributed by atoms with van der Waals surface area (Å²) in [6, 6.07) is 4.73. The predicted octanol–water partition coefficient (Wildman–Crippen LogP) is 2.28. The van der Waals surface area contributed by atoms with Gasteiger partial charge in [0, 0.05) is 25.9 Å². The number of ether oxygens (including phenoxy) is 2. The monoisotopic (exact) mass is 455 g/mol. The van der Waals surface area contributed by atoms with Crippen molar-refractivity contribution in [2.45, 2.75) is 52.2 Å². The number of piperidine rings is 1. The average molecular weight is 455 g/mol. The summed E-state index contributed by atoms with van der Waals surface area (Å²) in [5, 5.41) is 22.6. The zero-order valence-corrected chi connectivity index (χ0v) is 18.9. The number of hydrogen-bond donors (Lipinski definition) is 1. The summed E-state index contributed by atoms with van der Waals surface area (Å²) in [7, 11) is 0. The second-order valence-electron chi connectivity index (χ2n) is 8.62. The Kier molecular flexibility index (Phi) is 6.67. The molecule has 3 rings (SSSR count). The molecule has 1 aliphatic rings. The van der Waals surface area contributed by atoms with Gasteiger partial charge in [0.05, 0.1) is 17.4 Å².